The molecular weight excluding hydrogens is 154 g/mol. The Morgan fingerprint density at radius 3 is 2.73 bits per heavy atom. The number of fused-ring (bicyclic) bond motifs is 1. The van der Waals surface area contributed by atoms with Crippen molar-refractivity contribution < 1.29 is 1.43 Å². The van der Waals surface area contributed by atoms with E-state index in [2.05, 4.69) is 30.1 Å². The van der Waals surface area contributed by atoms with Gasteiger partial charge in [0.2, 0.25) is 0 Å². The van der Waals surface area contributed by atoms with Gasteiger partial charge in [-0.1, -0.05) is 18.2 Å². The summed E-state index contributed by atoms with van der Waals surface area (Å²) >= 11 is 0. The van der Waals surface area contributed by atoms with E-state index in [9.17, 15) is 0 Å². The molecule has 0 bridgehead atoms. The number of hydrogen-bond donors (Lipinski definition) is 1. The maximum absolute atomic E-state index is 3.19. The first-order chi connectivity index (χ1) is 4.88. The van der Waals surface area contributed by atoms with Crippen molar-refractivity contribution in [2.75, 3.05) is 0 Å². The topological polar surface area (TPSA) is 15.8 Å². The fraction of sp³-hybridized carbons (Fsp3) is 0.111. The molecule has 0 atom stereocenters. The summed E-state index contributed by atoms with van der Waals surface area (Å²) in [7, 11) is 0. The van der Waals surface area contributed by atoms with Gasteiger partial charge in [-0.15, -0.1) is 0 Å². The molecule has 2 heteroatoms. The van der Waals surface area contributed by atoms with Crippen molar-refractivity contribution in [2.24, 2.45) is 0 Å². The van der Waals surface area contributed by atoms with Gasteiger partial charge in [-0.3, -0.25) is 0 Å². The average Bonchev–Trinajstić information content (AvgIpc) is 2.34. The van der Waals surface area contributed by atoms with Crippen LogP contribution in [-0.4, -0.2) is 4.98 Å². The highest BCUT2D eigenvalue weighted by molar-refractivity contribution is 7.37. The van der Waals surface area contributed by atoms with E-state index in [0.717, 1.165) is 0 Å². The minimum atomic E-state index is 0. The van der Waals surface area contributed by atoms with E-state index in [1.807, 2.05) is 12.3 Å². The number of benzene rings is 1. The van der Waals surface area contributed by atoms with Gasteiger partial charge in [0.15, 0.2) is 0 Å². The van der Waals surface area contributed by atoms with Crippen LogP contribution in [0.2, 0.25) is 0 Å². The van der Waals surface area contributed by atoms with Crippen molar-refractivity contribution in [2.45, 2.75) is 6.92 Å². The van der Waals surface area contributed by atoms with Crippen LogP contribution in [0, 0.1) is 6.92 Å². The first-order valence-corrected chi connectivity index (χ1v) is 3.40. The zero-order valence-electron chi connectivity index (χ0n) is 7.29. The van der Waals surface area contributed by atoms with E-state index >= 15 is 0 Å². The molecule has 11 heavy (non-hydrogen) atoms. The number of aromatic amines is 1. The molecule has 1 heterocycles. The van der Waals surface area contributed by atoms with Gasteiger partial charge in [0.1, 0.15) is 0 Å². The summed E-state index contributed by atoms with van der Waals surface area (Å²) in [6.07, 6.45) is 2.03. The van der Waals surface area contributed by atoms with Gasteiger partial charge >= 0.3 is 1.43 Å². The van der Waals surface area contributed by atoms with Crippen molar-refractivity contribution >= 4 is 24.4 Å². The van der Waals surface area contributed by atoms with Crippen molar-refractivity contribution in [3.8, 4) is 0 Å². The van der Waals surface area contributed by atoms with Crippen LogP contribution in [0.4, 0.5) is 0 Å². The maximum atomic E-state index is 3.19. The molecule has 1 nitrogen and oxygen atoms in total. The predicted molar refractivity (Wildman–Crippen MR) is 51.5 cm³/mol. The number of aryl methyl sites for hydroxylation is 1. The van der Waals surface area contributed by atoms with Gasteiger partial charge < -0.3 is 18.5 Å². The van der Waals surface area contributed by atoms with Gasteiger partial charge in [-0.25, -0.2) is 0 Å². The normalized spacial score (nSPS) is 9.55. The van der Waals surface area contributed by atoms with E-state index in [4.69, 9.17) is 0 Å². The monoisotopic (exact) mass is 164 g/mol. The Kier molecular flexibility index (Phi) is 2.25. The molecule has 0 aliphatic carbocycles. The second kappa shape index (κ2) is 3.01. The summed E-state index contributed by atoms with van der Waals surface area (Å²) in [5.41, 5.74) is 2.54. The molecule has 2 rings (SSSR count). The molecule has 1 aromatic carbocycles. The molecule has 0 amide bonds. The zero-order valence-corrected chi connectivity index (χ0v) is 7.11. The molecule has 0 aliphatic rings. The minimum absolute atomic E-state index is 0. The quantitative estimate of drug-likeness (QED) is 0.616. The number of aromatic nitrogens is 1. The van der Waals surface area contributed by atoms with Crippen LogP contribution in [0.3, 0.4) is 0 Å². The fourth-order valence-electron chi connectivity index (χ4n) is 1.22. The van der Waals surface area contributed by atoms with Crippen LogP contribution < -0.4 is 0 Å². The molecule has 0 saturated heterocycles. The zero-order chi connectivity index (χ0) is 6.97. The molecule has 0 fully saturated rings. The number of H-pyrrole nitrogens is 1. The van der Waals surface area contributed by atoms with Crippen molar-refractivity contribution in [3.63, 3.8) is 0 Å². The Bertz CT molecular complexity index is 356. The third kappa shape index (κ3) is 1.26. The summed E-state index contributed by atoms with van der Waals surface area (Å²) in [5, 5.41) is 1.32. The Balaban J connectivity index is 0.000000605. The Morgan fingerprint density at radius 1 is 1.27 bits per heavy atom. The van der Waals surface area contributed by atoms with Crippen molar-refractivity contribution in [1.82, 2.24) is 4.98 Å². The van der Waals surface area contributed by atoms with E-state index in [1.54, 1.807) is 0 Å². The second-order valence-electron chi connectivity index (χ2n) is 2.52. The van der Waals surface area contributed by atoms with Gasteiger partial charge in [0.05, 0.1) is 0 Å². The van der Waals surface area contributed by atoms with E-state index in [-0.39, 0.29) is 14.9 Å². The van der Waals surface area contributed by atoms with E-state index in [0.29, 0.717) is 0 Å². The first kappa shape index (κ1) is 8.21. The highest BCUT2D eigenvalue weighted by Crippen LogP contribution is 2.15. The van der Waals surface area contributed by atoms with Crippen molar-refractivity contribution in [1.29, 1.82) is 0 Å². The summed E-state index contributed by atoms with van der Waals surface area (Å²) in [4.78, 5) is 3.19. The highest BCUT2D eigenvalue weighted by atomic mass is 32.1. The maximum Gasteiger partial charge on any atom is 1.00 e. The van der Waals surface area contributed by atoms with Crippen LogP contribution in [0.15, 0.2) is 30.5 Å². The van der Waals surface area contributed by atoms with Crippen LogP contribution >= 0.6 is 0 Å². The molecule has 0 spiro atoms. The van der Waals surface area contributed by atoms with E-state index < -0.39 is 0 Å². The van der Waals surface area contributed by atoms with Gasteiger partial charge in [-0.05, 0) is 18.6 Å². The third-order valence-corrected chi connectivity index (χ3v) is 1.80. The largest absolute Gasteiger partial charge is 2.00 e. The Hall–Kier alpha value is -0.890. The third-order valence-electron chi connectivity index (χ3n) is 1.80. The standard InChI is InChI=1S/C9H9N.S/c1-7-6-10-9-5-3-2-4-8(7)9;/h2-6,10H,1H3;/q;-2/p+1. The van der Waals surface area contributed by atoms with Crippen LogP contribution in [0.5, 0.6) is 0 Å². The lowest BCUT2D eigenvalue weighted by atomic mass is 10.2. The Labute approximate surface area is 74.4 Å². The smallest absolute Gasteiger partial charge is 1.00 e. The molecule has 58 valence electrons. The molecule has 1 aromatic heterocycles. The molecular formula is C9H10NS-. The highest BCUT2D eigenvalue weighted by Gasteiger charge is 1.94. The number of nitrogens with one attached hydrogen (secondary N) is 1. The van der Waals surface area contributed by atoms with E-state index in [1.165, 1.54) is 16.5 Å². The first-order valence-electron chi connectivity index (χ1n) is 3.40. The summed E-state index contributed by atoms with van der Waals surface area (Å²) < 4.78 is 0. The van der Waals surface area contributed by atoms with Gasteiger partial charge in [0, 0.05) is 17.1 Å². The number of rotatable bonds is 0. The van der Waals surface area contributed by atoms with Crippen LogP contribution in [-0.2, 0) is 13.5 Å². The SMILES string of the molecule is Cc1c[nH]c2ccccc12.[H+].[S-2]. The number of para-hydroxylation sites is 1. The lowest BCUT2D eigenvalue weighted by Gasteiger charge is -2.00. The lowest BCUT2D eigenvalue weighted by molar-refractivity contribution is 1.43. The molecule has 0 aliphatic heterocycles. The molecule has 0 saturated carbocycles. The van der Waals surface area contributed by atoms with Crippen LogP contribution in [0.25, 0.3) is 10.9 Å². The predicted octanol–water partition coefficient (Wildman–Crippen LogP) is 2.59. The molecule has 1 N–H and O–H groups in total. The van der Waals surface area contributed by atoms with Gasteiger partial charge in [0.25, 0.3) is 0 Å². The lowest BCUT2D eigenvalue weighted by Crippen LogP contribution is -1.64. The average molecular weight is 164 g/mol. The van der Waals surface area contributed by atoms with Crippen molar-refractivity contribution in [3.05, 3.63) is 36.0 Å². The summed E-state index contributed by atoms with van der Waals surface area (Å²) in [6, 6.07) is 8.31. The van der Waals surface area contributed by atoms with Gasteiger partial charge in [-0.2, -0.15) is 0 Å². The van der Waals surface area contributed by atoms with Crippen LogP contribution in [0.1, 0.15) is 6.99 Å². The molecule has 0 radical (unpaired) electrons. The summed E-state index contributed by atoms with van der Waals surface area (Å²) in [6.45, 7) is 2.11. The number of hydrogen-bond acceptors (Lipinski definition) is 0. The fourth-order valence-corrected chi connectivity index (χ4v) is 1.22. The molecule has 0 unspecified atom stereocenters. The summed E-state index contributed by atoms with van der Waals surface area (Å²) in [5.74, 6) is 0. The minimum Gasteiger partial charge on any atom is -2.00 e. The second-order valence-corrected chi connectivity index (χ2v) is 2.52. The molecule has 2 aromatic rings. The Morgan fingerprint density at radius 2 is 2.00 bits per heavy atom.